The molecule has 3 N–H and O–H groups in total. The first-order valence-corrected chi connectivity index (χ1v) is 13.1. The molecule has 2 aromatic carbocycles. The van der Waals surface area contributed by atoms with Gasteiger partial charge in [0.25, 0.3) is 11.8 Å². The number of rotatable bonds is 10. The van der Waals surface area contributed by atoms with Crippen LogP contribution in [0.15, 0.2) is 58.0 Å². The van der Waals surface area contributed by atoms with E-state index in [1.165, 1.54) is 35.9 Å². The molecule has 1 aliphatic carbocycles. The molecule has 0 aliphatic heterocycles. The summed E-state index contributed by atoms with van der Waals surface area (Å²) in [4.78, 5) is 36.6. The van der Waals surface area contributed by atoms with Crippen LogP contribution in [0, 0.1) is 5.92 Å². The van der Waals surface area contributed by atoms with Crippen LogP contribution in [0.3, 0.4) is 0 Å². The minimum Gasteiger partial charge on any atom is -0.484 e. The summed E-state index contributed by atoms with van der Waals surface area (Å²) in [5.74, 6) is -0.861. The average molecular weight is 552 g/mol. The normalized spacial score (nSPS) is 13.6. The summed E-state index contributed by atoms with van der Waals surface area (Å²) in [5.41, 5.74) is 5.51. The van der Waals surface area contributed by atoms with Crippen LogP contribution in [0.5, 0.6) is 5.75 Å². The fraction of sp³-hybridized carbons (Fsp3) is 0.310. The Hall–Kier alpha value is -4.11. The second-order valence-corrected chi connectivity index (χ2v) is 10.1. The molecule has 0 spiro atoms. The smallest absolute Gasteiger partial charge is 0.337 e. The number of nitrogens with one attached hydrogen (secondary N) is 2. The SMILES string of the molecule is CC(C)[C@H](NC(=O)COc1ccc2c(c1)CCCC2)C(=O)N/N=C\c1ccc(-c2ccc(Cl)c(C(=O)O)c2)o1. The van der Waals surface area contributed by atoms with Crippen LogP contribution in [0.25, 0.3) is 11.3 Å². The molecule has 3 aromatic rings. The number of hydrogen-bond donors (Lipinski definition) is 3. The lowest BCUT2D eigenvalue weighted by atomic mass is 9.92. The number of aromatic carboxylic acids is 1. The number of carboxylic acids is 1. The summed E-state index contributed by atoms with van der Waals surface area (Å²) in [6, 6.07) is 12.9. The highest BCUT2D eigenvalue weighted by Gasteiger charge is 2.24. The number of carbonyl (C=O) groups excluding carboxylic acids is 2. The van der Waals surface area contributed by atoms with E-state index in [0.717, 1.165) is 19.3 Å². The minimum absolute atomic E-state index is 0.0390. The quantitative estimate of drug-likeness (QED) is 0.244. The highest BCUT2D eigenvalue weighted by molar-refractivity contribution is 6.33. The highest BCUT2D eigenvalue weighted by Crippen LogP contribution is 2.27. The summed E-state index contributed by atoms with van der Waals surface area (Å²) < 4.78 is 11.4. The van der Waals surface area contributed by atoms with Gasteiger partial charge < -0.3 is 19.6 Å². The van der Waals surface area contributed by atoms with Gasteiger partial charge in [-0.1, -0.05) is 31.5 Å². The molecular weight excluding hydrogens is 522 g/mol. The van der Waals surface area contributed by atoms with Gasteiger partial charge in [0.1, 0.15) is 23.3 Å². The monoisotopic (exact) mass is 551 g/mol. The third kappa shape index (κ3) is 7.26. The van der Waals surface area contributed by atoms with E-state index >= 15 is 0 Å². The standard InChI is InChI=1S/C29H30ClN3O6/c1-17(2)27(32-26(34)16-38-21-9-7-18-5-3-4-6-19(18)13-21)28(35)33-31-15-22-10-12-25(39-22)20-8-11-24(30)23(14-20)29(36)37/h7-15,17,27H,3-6,16H2,1-2H3,(H,32,34)(H,33,35)(H,36,37)/b31-15-/t27-/m0/s1. The summed E-state index contributed by atoms with van der Waals surface area (Å²) in [6.45, 7) is 3.42. The number of fused-ring (bicyclic) bond motifs is 1. The van der Waals surface area contributed by atoms with Gasteiger partial charge in [-0.15, -0.1) is 0 Å². The Labute approximate surface area is 231 Å². The van der Waals surface area contributed by atoms with Crippen molar-refractivity contribution in [2.24, 2.45) is 11.0 Å². The highest BCUT2D eigenvalue weighted by atomic mass is 35.5. The topological polar surface area (TPSA) is 130 Å². The number of carbonyl (C=O) groups is 3. The molecule has 1 atom stereocenters. The van der Waals surface area contributed by atoms with E-state index in [4.69, 9.17) is 20.8 Å². The molecule has 2 amide bonds. The molecule has 0 unspecified atom stereocenters. The van der Waals surface area contributed by atoms with E-state index in [-0.39, 0.29) is 23.1 Å². The second-order valence-electron chi connectivity index (χ2n) is 9.65. The number of carboxylic acid groups (broad SMARTS) is 1. The van der Waals surface area contributed by atoms with Crippen LogP contribution in [0.2, 0.25) is 5.02 Å². The Morgan fingerprint density at radius 2 is 1.85 bits per heavy atom. The van der Waals surface area contributed by atoms with Gasteiger partial charge in [-0.25, -0.2) is 10.2 Å². The number of hydrogen-bond acceptors (Lipinski definition) is 6. The molecule has 9 nitrogen and oxygen atoms in total. The van der Waals surface area contributed by atoms with Crippen molar-refractivity contribution in [2.45, 2.75) is 45.6 Å². The van der Waals surface area contributed by atoms with E-state index in [0.29, 0.717) is 22.8 Å². The van der Waals surface area contributed by atoms with Gasteiger partial charge in [0, 0.05) is 5.56 Å². The van der Waals surface area contributed by atoms with Crippen molar-refractivity contribution in [1.82, 2.24) is 10.7 Å². The Bertz CT molecular complexity index is 1400. The van der Waals surface area contributed by atoms with Gasteiger partial charge >= 0.3 is 5.97 Å². The van der Waals surface area contributed by atoms with Gasteiger partial charge in [0.05, 0.1) is 16.8 Å². The first kappa shape index (κ1) is 27.9. The number of nitrogens with zero attached hydrogens (tertiary/aromatic N) is 1. The Balaban J connectivity index is 1.31. The third-order valence-electron chi connectivity index (χ3n) is 6.43. The zero-order valence-corrected chi connectivity index (χ0v) is 22.5. The molecular formula is C29H30ClN3O6. The molecule has 1 aliphatic rings. The first-order valence-electron chi connectivity index (χ1n) is 12.7. The number of halogens is 1. The van der Waals surface area contributed by atoms with Crippen molar-refractivity contribution >= 4 is 35.6 Å². The minimum atomic E-state index is -1.14. The lowest BCUT2D eigenvalue weighted by Crippen LogP contribution is -2.49. The maximum absolute atomic E-state index is 12.7. The van der Waals surface area contributed by atoms with Gasteiger partial charge in [-0.05, 0) is 85.2 Å². The predicted octanol–water partition coefficient (Wildman–Crippen LogP) is 4.85. The van der Waals surface area contributed by atoms with Crippen LogP contribution >= 0.6 is 11.6 Å². The Kier molecular flexibility index (Phi) is 9.03. The van der Waals surface area contributed by atoms with Crippen LogP contribution in [-0.4, -0.2) is 41.8 Å². The molecule has 0 radical (unpaired) electrons. The van der Waals surface area contributed by atoms with E-state index in [9.17, 15) is 19.5 Å². The van der Waals surface area contributed by atoms with Crippen molar-refractivity contribution in [2.75, 3.05) is 6.61 Å². The van der Waals surface area contributed by atoms with E-state index in [1.54, 1.807) is 18.2 Å². The molecule has 0 saturated carbocycles. The first-order chi connectivity index (χ1) is 18.7. The maximum Gasteiger partial charge on any atom is 0.337 e. The Morgan fingerprint density at radius 3 is 2.59 bits per heavy atom. The summed E-state index contributed by atoms with van der Waals surface area (Å²) in [7, 11) is 0. The average Bonchev–Trinajstić information content (AvgIpc) is 3.39. The van der Waals surface area contributed by atoms with E-state index in [1.807, 2.05) is 26.0 Å². The van der Waals surface area contributed by atoms with Gasteiger partial charge in [-0.2, -0.15) is 5.10 Å². The third-order valence-corrected chi connectivity index (χ3v) is 6.76. The number of benzene rings is 2. The number of ether oxygens (including phenoxy) is 1. The molecule has 204 valence electrons. The summed E-state index contributed by atoms with van der Waals surface area (Å²) in [5, 5.41) is 16.0. The van der Waals surface area contributed by atoms with Crippen LogP contribution in [0.4, 0.5) is 0 Å². The van der Waals surface area contributed by atoms with Crippen molar-refractivity contribution in [3.63, 3.8) is 0 Å². The summed E-state index contributed by atoms with van der Waals surface area (Å²) in [6.07, 6.45) is 5.75. The zero-order chi connectivity index (χ0) is 27.9. The van der Waals surface area contributed by atoms with Crippen molar-refractivity contribution in [3.05, 3.63) is 76.0 Å². The molecule has 1 heterocycles. The van der Waals surface area contributed by atoms with E-state index in [2.05, 4.69) is 21.9 Å². The maximum atomic E-state index is 12.7. The van der Waals surface area contributed by atoms with Crippen molar-refractivity contribution in [3.8, 4) is 17.1 Å². The number of amides is 2. The summed E-state index contributed by atoms with van der Waals surface area (Å²) >= 11 is 5.92. The van der Waals surface area contributed by atoms with Crippen LogP contribution in [-0.2, 0) is 22.4 Å². The molecule has 0 bridgehead atoms. The van der Waals surface area contributed by atoms with Gasteiger partial charge in [-0.3, -0.25) is 9.59 Å². The van der Waals surface area contributed by atoms with Gasteiger partial charge in [0.2, 0.25) is 0 Å². The fourth-order valence-electron chi connectivity index (χ4n) is 4.35. The number of furan rings is 1. The number of aryl methyl sites for hydroxylation is 2. The second kappa shape index (κ2) is 12.6. The predicted molar refractivity (Wildman–Crippen MR) is 147 cm³/mol. The number of hydrazone groups is 1. The molecule has 4 rings (SSSR count). The van der Waals surface area contributed by atoms with E-state index < -0.39 is 23.8 Å². The van der Waals surface area contributed by atoms with Gasteiger partial charge in [0.15, 0.2) is 6.61 Å². The lowest BCUT2D eigenvalue weighted by molar-refractivity contribution is -0.131. The van der Waals surface area contributed by atoms with Crippen molar-refractivity contribution in [1.29, 1.82) is 0 Å². The Morgan fingerprint density at radius 1 is 1.08 bits per heavy atom. The fourth-order valence-corrected chi connectivity index (χ4v) is 4.55. The van der Waals surface area contributed by atoms with Crippen LogP contribution in [0.1, 0.15) is 53.9 Å². The molecule has 0 saturated heterocycles. The molecule has 0 fully saturated rings. The molecule has 10 heteroatoms. The molecule has 1 aromatic heterocycles. The van der Waals surface area contributed by atoms with Crippen molar-refractivity contribution < 1.29 is 28.6 Å². The molecule has 39 heavy (non-hydrogen) atoms. The lowest BCUT2D eigenvalue weighted by Gasteiger charge is -2.21. The zero-order valence-electron chi connectivity index (χ0n) is 21.7. The largest absolute Gasteiger partial charge is 0.484 e. The van der Waals surface area contributed by atoms with Crippen LogP contribution < -0.4 is 15.5 Å².